The molecule has 0 spiro atoms. The van der Waals surface area contributed by atoms with Crippen LogP contribution in [-0.4, -0.2) is 15.7 Å². The molecule has 0 atom stereocenters. The van der Waals surface area contributed by atoms with E-state index in [1.807, 2.05) is 0 Å². The molecule has 0 bridgehead atoms. The number of hydrazine groups is 1. The molecule has 1 aliphatic heterocycles. The normalized spacial score (nSPS) is 13.5. The third kappa shape index (κ3) is 5.25. The number of hydrogen-bond acceptors (Lipinski definition) is 8. The highest BCUT2D eigenvalue weighted by Gasteiger charge is 2.37. The topological polar surface area (TPSA) is 122 Å². The fourth-order valence-corrected chi connectivity index (χ4v) is 4.88. The molecule has 1 aliphatic rings. The monoisotopic (exact) mass is 575 g/mol. The first-order chi connectivity index (χ1) is 18.5. The highest BCUT2D eigenvalue weighted by atomic mass is 35.5. The van der Waals surface area contributed by atoms with E-state index in [1.165, 1.54) is 57.3 Å². The molecular weight excluding hydrogens is 561 g/mol. The van der Waals surface area contributed by atoms with E-state index in [9.17, 15) is 33.4 Å². The number of thiophene rings is 1. The molecule has 4 aromatic rings. The lowest BCUT2D eigenvalue weighted by Gasteiger charge is -2.23. The van der Waals surface area contributed by atoms with Crippen LogP contribution in [0.3, 0.4) is 0 Å². The number of rotatable bonds is 6. The summed E-state index contributed by atoms with van der Waals surface area (Å²) in [6.07, 6.45) is -4.63. The average molecular weight is 576 g/mol. The highest BCUT2D eigenvalue weighted by Crippen LogP contribution is 2.39. The number of alkyl halides is 3. The van der Waals surface area contributed by atoms with E-state index >= 15 is 0 Å². The van der Waals surface area contributed by atoms with Gasteiger partial charge in [0.25, 0.3) is 17.2 Å². The van der Waals surface area contributed by atoms with Crippen molar-refractivity contribution >= 4 is 50.8 Å². The van der Waals surface area contributed by atoms with Gasteiger partial charge in [-0.15, -0.1) is 16.5 Å². The van der Waals surface area contributed by atoms with Gasteiger partial charge in [0.1, 0.15) is 5.69 Å². The minimum atomic E-state index is -4.63. The molecule has 198 valence electrons. The van der Waals surface area contributed by atoms with Crippen LogP contribution in [0.15, 0.2) is 83.3 Å². The van der Waals surface area contributed by atoms with Crippen LogP contribution in [0.2, 0.25) is 5.02 Å². The number of nitro groups is 2. The minimum absolute atomic E-state index is 0.00223. The number of nitrogens with zero attached hydrogens (tertiary/aromatic N) is 5. The minimum Gasteiger partial charge on any atom is -0.258 e. The predicted octanol–water partition coefficient (Wildman–Crippen LogP) is 5.99. The third-order valence-electron chi connectivity index (χ3n) is 5.72. The maximum absolute atomic E-state index is 13.5. The highest BCUT2D eigenvalue weighted by molar-refractivity contribution is 7.14. The Hall–Kier alpha value is -4.53. The standard InChI is InChI=1S/C24H14ClF3N6O4S/c25-20-9-6-17(24(26,27)28)12-21(20)31-29-23(15-2-1-3-19(10-15)34(37)38)30-32(31)22-11-16(13-39-22)14-4-7-18(8-5-14)33(35)36/h1-13H,(H,29,30)/p+1. The number of hydrogen-bond donors (Lipinski definition) is 1. The Balaban J connectivity index is 1.57. The van der Waals surface area contributed by atoms with Crippen molar-refractivity contribution in [3.05, 3.63) is 115 Å². The van der Waals surface area contributed by atoms with Crippen LogP contribution in [-0.2, 0) is 6.18 Å². The molecule has 0 fully saturated rings. The number of halogens is 4. The van der Waals surface area contributed by atoms with E-state index in [-0.39, 0.29) is 27.9 Å². The lowest BCUT2D eigenvalue weighted by Crippen LogP contribution is -2.96. The molecule has 0 unspecified atom stereocenters. The van der Waals surface area contributed by atoms with Crippen LogP contribution >= 0.6 is 22.9 Å². The molecule has 15 heteroatoms. The molecule has 0 saturated heterocycles. The van der Waals surface area contributed by atoms with Crippen LogP contribution in [0.25, 0.3) is 11.1 Å². The van der Waals surface area contributed by atoms with Crippen LogP contribution in [0.4, 0.5) is 35.2 Å². The average Bonchev–Trinajstić information content (AvgIpc) is 3.56. The zero-order chi connectivity index (χ0) is 27.9. The lowest BCUT2D eigenvalue weighted by molar-refractivity contribution is -0.545. The fraction of sp³-hybridized carbons (Fsp3) is 0.0417. The summed E-state index contributed by atoms with van der Waals surface area (Å²) < 4.78 is 40.5. The van der Waals surface area contributed by atoms with E-state index in [1.54, 1.807) is 29.6 Å². The molecule has 0 amide bonds. The summed E-state index contributed by atoms with van der Waals surface area (Å²) in [6.45, 7) is 0. The van der Waals surface area contributed by atoms with Gasteiger partial charge in [-0.1, -0.05) is 27.9 Å². The first kappa shape index (κ1) is 26.1. The van der Waals surface area contributed by atoms with Crippen molar-refractivity contribution in [3.8, 4) is 11.1 Å². The summed E-state index contributed by atoms with van der Waals surface area (Å²) in [5.74, 6) is 0.248. The number of quaternary nitrogens is 1. The third-order valence-corrected chi connectivity index (χ3v) is 6.95. The summed E-state index contributed by atoms with van der Waals surface area (Å²) in [5, 5.41) is 31.7. The second-order valence-corrected chi connectivity index (χ2v) is 9.49. The maximum atomic E-state index is 13.5. The second kappa shape index (κ2) is 9.98. The van der Waals surface area contributed by atoms with Gasteiger partial charge in [0, 0.05) is 29.6 Å². The lowest BCUT2D eigenvalue weighted by atomic mass is 10.1. The summed E-state index contributed by atoms with van der Waals surface area (Å²) in [4.78, 5) is 21.2. The number of benzene rings is 3. The first-order valence-electron chi connectivity index (χ1n) is 11.0. The number of anilines is 2. The second-order valence-electron chi connectivity index (χ2n) is 8.20. The molecule has 5 rings (SSSR count). The quantitative estimate of drug-likeness (QED) is 0.171. The molecule has 10 nitrogen and oxygen atoms in total. The van der Waals surface area contributed by atoms with E-state index in [0.29, 0.717) is 21.7 Å². The fourth-order valence-electron chi connectivity index (χ4n) is 3.80. The Morgan fingerprint density at radius 3 is 2.26 bits per heavy atom. The van der Waals surface area contributed by atoms with Gasteiger partial charge < -0.3 is 0 Å². The van der Waals surface area contributed by atoms with E-state index in [2.05, 4.69) is 5.10 Å². The Kier molecular flexibility index (Phi) is 6.68. The Labute approximate surface area is 226 Å². The van der Waals surface area contributed by atoms with E-state index in [0.717, 1.165) is 18.2 Å². The molecule has 0 saturated carbocycles. The SMILES string of the molecule is O=[N+]([O-])c1ccc(-c2csc(N3[NH2+]C(c4cccc([N+](=O)[O-])c4)=NN3c3cc(C(F)(F)F)ccc3Cl)c2)cc1. The molecule has 2 heterocycles. The smallest absolute Gasteiger partial charge is 0.258 e. The van der Waals surface area contributed by atoms with Crippen molar-refractivity contribution in [1.29, 1.82) is 0 Å². The Morgan fingerprint density at radius 1 is 0.872 bits per heavy atom. The van der Waals surface area contributed by atoms with Crippen molar-refractivity contribution in [1.82, 2.24) is 0 Å². The van der Waals surface area contributed by atoms with Gasteiger partial charge in [-0.2, -0.15) is 18.6 Å². The van der Waals surface area contributed by atoms with E-state index < -0.39 is 21.6 Å². The summed E-state index contributed by atoms with van der Waals surface area (Å²) in [5.41, 5.74) is 2.05. The van der Waals surface area contributed by atoms with Gasteiger partial charge in [-0.25, -0.2) is 0 Å². The molecule has 2 N–H and O–H groups in total. The molecule has 0 radical (unpaired) electrons. The zero-order valence-corrected chi connectivity index (χ0v) is 20.9. The van der Waals surface area contributed by atoms with Gasteiger partial charge in [-0.05, 0) is 53.6 Å². The van der Waals surface area contributed by atoms with Gasteiger partial charge in [-0.3, -0.25) is 20.2 Å². The summed E-state index contributed by atoms with van der Waals surface area (Å²) in [6, 6.07) is 16.2. The Morgan fingerprint density at radius 2 is 1.59 bits per heavy atom. The number of nitro benzene ring substituents is 2. The molecule has 39 heavy (non-hydrogen) atoms. The van der Waals surface area contributed by atoms with Crippen LogP contribution in [0.1, 0.15) is 11.1 Å². The summed E-state index contributed by atoms with van der Waals surface area (Å²) in [7, 11) is 0. The number of amidine groups is 1. The van der Waals surface area contributed by atoms with Crippen molar-refractivity contribution < 1.29 is 28.4 Å². The van der Waals surface area contributed by atoms with Crippen molar-refractivity contribution in [2.24, 2.45) is 5.10 Å². The number of non-ortho nitro benzene ring substituents is 2. The van der Waals surface area contributed by atoms with Crippen LogP contribution in [0, 0.1) is 20.2 Å². The summed E-state index contributed by atoms with van der Waals surface area (Å²) >= 11 is 7.57. The first-order valence-corrected chi connectivity index (χ1v) is 12.2. The van der Waals surface area contributed by atoms with E-state index in [4.69, 9.17) is 11.6 Å². The molecule has 1 aromatic heterocycles. The van der Waals surface area contributed by atoms with Crippen LogP contribution in [0.5, 0.6) is 0 Å². The maximum Gasteiger partial charge on any atom is 0.416 e. The van der Waals surface area contributed by atoms with Crippen molar-refractivity contribution in [2.45, 2.75) is 6.18 Å². The Bertz CT molecular complexity index is 1630. The van der Waals surface area contributed by atoms with Gasteiger partial charge in [0.2, 0.25) is 0 Å². The molecule has 0 aliphatic carbocycles. The van der Waals surface area contributed by atoms with Crippen molar-refractivity contribution in [3.63, 3.8) is 0 Å². The van der Waals surface area contributed by atoms with Crippen molar-refractivity contribution in [2.75, 3.05) is 10.2 Å². The predicted molar refractivity (Wildman–Crippen MR) is 139 cm³/mol. The van der Waals surface area contributed by atoms with Gasteiger partial charge in [0.05, 0.1) is 26.0 Å². The zero-order valence-electron chi connectivity index (χ0n) is 19.4. The van der Waals surface area contributed by atoms with Gasteiger partial charge >= 0.3 is 6.18 Å². The largest absolute Gasteiger partial charge is 0.416 e. The van der Waals surface area contributed by atoms with Crippen LogP contribution < -0.4 is 15.7 Å². The number of hydrazone groups is 1. The number of nitrogens with two attached hydrogens (primary N) is 1. The molecule has 3 aromatic carbocycles. The molecular formula is C24H15ClF3N6O4S+. The van der Waals surface area contributed by atoms with Gasteiger partial charge in [0.15, 0.2) is 5.00 Å².